The molecule has 0 aliphatic carbocycles. The minimum atomic E-state index is 1.01. The molecule has 8 heteroatoms. The van der Waals surface area contributed by atoms with E-state index in [4.69, 9.17) is 0 Å². The first-order valence-electron chi connectivity index (χ1n) is 2.40. The third-order valence-electron chi connectivity index (χ3n) is 0.908. The fourth-order valence-electron chi connectivity index (χ4n) is 0.496. The van der Waals surface area contributed by atoms with E-state index in [2.05, 4.69) is 18.9 Å². The second-order valence-electron chi connectivity index (χ2n) is 1.49. The fraction of sp³-hybridized carbons (Fsp3) is 0. The summed E-state index contributed by atoms with van der Waals surface area (Å²) in [4.78, 5) is 0. The lowest BCUT2D eigenvalue weighted by Gasteiger charge is -2.00. The molecule has 2 aliphatic rings. The van der Waals surface area contributed by atoms with Gasteiger partial charge in [0, 0.05) is 43.9 Å². The zero-order valence-electron chi connectivity index (χ0n) is 4.63. The van der Waals surface area contributed by atoms with E-state index in [9.17, 15) is 0 Å². The topological polar surface area (TPSA) is 48.1 Å². The molecule has 0 aromatic carbocycles. The van der Waals surface area contributed by atoms with Gasteiger partial charge in [-0.1, -0.05) is 0 Å². The van der Waals surface area contributed by atoms with Gasteiger partial charge >= 0.3 is 0 Å². The van der Waals surface area contributed by atoms with Crippen LogP contribution in [0.2, 0.25) is 0 Å². The fourth-order valence-corrected chi connectivity index (χ4v) is 3.24. The molecule has 0 bridgehead atoms. The van der Waals surface area contributed by atoms with Crippen molar-refractivity contribution in [3.8, 4) is 0 Å². The quantitative estimate of drug-likeness (QED) is 0.349. The molecule has 0 saturated carbocycles. The second-order valence-corrected chi connectivity index (χ2v) is 4.97. The summed E-state index contributed by atoms with van der Waals surface area (Å²) in [5, 5.41) is 0. The Morgan fingerprint density at radius 2 is 0.900 bits per heavy atom. The van der Waals surface area contributed by atoms with Gasteiger partial charge in [-0.3, -0.25) is 0 Å². The van der Waals surface area contributed by atoms with E-state index in [1.165, 1.54) is 0 Å². The Balaban J connectivity index is 2.10. The summed E-state index contributed by atoms with van der Waals surface area (Å²) in [5.41, 5.74) is 0. The maximum Gasteiger partial charge on any atom is 0.163 e. The summed E-state index contributed by atoms with van der Waals surface area (Å²) < 4.78 is 12.4. The smallest absolute Gasteiger partial charge is 0.163 e. The van der Waals surface area contributed by atoms with Crippen LogP contribution in [0.1, 0.15) is 0 Å². The van der Waals surface area contributed by atoms with Crippen molar-refractivity contribution in [2.45, 2.75) is 0 Å². The highest BCUT2D eigenvalue weighted by Crippen LogP contribution is 2.29. The highest BCUT2D eigenvalue weighted by molar-refractivity contribution is 8.76. The monoisotopic (exact) mass is 212 g/mol. The van der Waals surface area contributed by atoms with Crippen LogP contribution in [0.5, 0.6) is 0 Å². The van der Waals surface area contributed by atoms with Crippen molar-refractivity contribution in [1.82, 2.24) is 18.9 Å². The molecule has 2 saturated heterocycles. The third-order valence-corrected chi connectivity index (χ3v) is 3.72. The molecule has 2 fully saturated rings. The van der Waals surface area contributed by atoms with E-state index in [-0.39, 0.29) is 0 Å². The molecule has 0 amide bonds. The maximum absolute atomic E-state index is 3.10. The maximum atomic E-state index is 3.10. The normalized spacial score (nSPS) is 23.2. The van der Waals surface area contributed by atoms with Gasteiger partial charge in [0.2, 0.25) is 0 Å². The molecule has 4 N–H and O–H groups in total. The Morgan fingerprint density at radius 1 is 0.600 bits per heavy atom. The van der Waals surface area contributed by atoms with E-state index in [0.29, 0.717) is 0 Å². The van der Waals surface area contributed by atoms with Crippen LogP contribution in [0.25, 0.3) is 0 Å². The molecule has 10 heavy (non-hydrogen) atoms. The van der Waals surface area contributed by atoms with Crippen molar-refractivity contribution in [3.63, 3.8) is 0 Å². The van der Waals surface area contributed by atoms with Crippen molar-refractivity contribution in [3.05, 3.63) is 11.6 Å². The van der Waals surface area contributed by atoms with Crippen molar-refractivity contribution >= 4 is 43.9 Å². The van der Waals surface area contributed by atoms with Crippen LogP contribution >= 0.6 is 43.9 Å². The Bertz CT molecular complexity index is 135. The van der Waals surface area contributed by atoms with Gasteiger partial charge in [-0.25, -0.2) is 0 Å². The minimum absolute atomic E-state index is 1.01. The van der Waals surface area contributed by atoms with E-state index in [0.717, 1.165) is 11.6 Å². The third kappa shape index (κ3) is 1.34. The first kappa shape index (κ1) is 7.01. The summed E-state index contributed by atoms with van der Waals surface area (Å²) >= 11 is 0. The lowest BCUT2D eigenvalue weighted by molar-refractivity contribution is 0.960. The van der Waals surface area contributed by atoms with Crippen LogP contribution in [-0.2, 0) is 0 Å². The SMILES string of the molecule is N1SSNC1=C1NSSN1. The molecule has 2 rings (SSSR count). The van der Waals surface area contributed by atoms with Gasteiger partial charge in [0.25, 0.3) is 0 Å². The van der Waals surface area contributed by atoms with Crippen LogP contribution in [0.3, 0.4) is 0 Å². The predicted molar refractivity (Wildman–Crippen MR) is 49.9 cm³/mol. The van der Waals surface area contributed by atoms with Crippen LogP contribution < -0.4 is 18.9 Å². The minimum Gasteiger partial charge on any atom is -0.302 e. The van der Waals surface area contributed by atoms with Crippen LogP contribution in [-0.4, -0.2) is 0 Å². The van der Waals surface area contributed by atoms with Crippen molar-refractivity contribution in [2.24, 2.45) is 0 Å². The number of hydrogen-bond donors (Lipinski definition) is 4. The number of nitrogens with one attached hydrogen (secondary N) is 4. The zero-order valence-corrected chi connectivity index (χ0v) is 7.90. The molecule has 56 valence electrons. The zero-order chi connectivity index (χ0) is 6.81. The summed E-state index contributed by atoms with van der Waals surface area (Å²) in [5.74, 6) is 2.01. The van der Waals surface area contributed by atoms with E-state index < -0.39 is 0 Å². The van der Waals surface area contributed by atoms with E-state index in [1.807, 2.05) is 0 Å². The Morgan fingerprint density at radius 3 is 1.20 bits per heavy atom. The van der Waals surface area contributed by atoms with Crippen LogP contribution in [0.4, 0.5) is 0 Å². The van der Waals surface area contributed by atoms with Crippen LogP contribution in [0, 0.1) is 0 Å². The summed E-state index contributed by atoms with van der Waals surface area (Å²) in [6.07, 6.45) is 0. The van der Waals surface area contributed by atoms with Gasteiger partial charge in [-0.15, -0.1) is 0 Å². The van der Waals surface area contributed by atoms with Gasteiger partial charge in [-0.05, 0) is 0 Å². The lowest BCUT2D eigenvalue weighted by Crippen LogP contribution is -2.19. The average Bonchev–Trinajstić information content (AvgIpc) is 2.59. The van der Waals surface area contributed by atoms with E-state index >= 15 is 0 Å². The largest absolute Gasteiger partial charge is 0.302 e. The van der Waals surface area contributed by atoms with Crippen molar-refractivity contribution in [1.29, 1.82) is 0 Å². The molecule has 0 aromatic rings. The molecule has 4 nitrogen and oxygen atoms in total. The molecular formula is C2H4N4S4. The second kappa shape index (κ2) is 3.16. The molecule has 0 radical (unpaired) electrons. The molecule has 2 aliphatic heterocycles. The lowest BCUT2D eigenvalue weighted by atomic mass is 10.7. The highest BCUT2D eigenvalue weighted by Gasteiger charge is 2.16. The number of rotatable bonds is 0. The summed E-state index contributed by atoms with van der Waals surface area (Å²) in [7, 11) is 6.27. The standard InChI is InChI=1S/C2H4N4S4/c3-1(4-8-7-3)2-5-9-10-6-2/h3-6H. The number of hydrogen-bond acceptors (Lipinski definition) is 8. The molecule has 0 aromatic heterocycles. The van der Waals surface area contributed by atoms with Crippen LogP contribution in [0.15, 0.2) is 11.6 Å². The summed E-state index contributed by atoms with van der Waals surface area (Å²) in [6, 6.07) is 0. The van der Waals surface area contributed by atoms with Gasteiger partial charge in [0.05, 0.1) is 0 Å². The van der Waals surface area contributed by atoms with Gasteiger partial charge in [0.1, 0.15) is 0 Å². The van der Waals surface area contributed by atoms with Gasteiger partial charge in [0.15, 0.2) is 11.6 Å². The highest BCUT2D eigenvalue weighted by atomic mass is 33.1. The Labute approximate surface area is 74.4 Å². The van der Waals surface area contributed by atoms with E-state index in [1.54, 1.807) is 43.9 Å². The Kier molecular flexibility index (Phi) is 2.22. The first-order valence-corrected chi connectivity index (χ1v) is 6.70. The molecule has 0 spiro atoms. The predicted octanol–water partition coefficient (Wildman–Crippen LogP) is 0.921. The van der Waals surface area contributed by atoms with Gasteiger partial charge < -0.3 is 18.9 Å². The van der Waals surface area contributed by atoms with Crippen molar-refractivity contribution < 1.29 is 0 Å². The Hall–Kier alpha value is 0.340. The molecule has 2 heterocycles. The first-order chi connectivity index (χ1) is 4.97. The molecule has 0 atom stereocenters. The van der Waals surface area contributed by atoms with Gasteiger partial charge in [-0.2, -0.15) is 0 Å². The average molecular weight is 212 g/mol. The molecule has 0 unspecified atom stereocenters. The molecular weight excluding hydrogens is 208 g/mol. The van der Waals surface area contributed by atoms with Crippen molar-refractivity contribution in [2.75, 3.05) is 0 Å². The summed E-state index contributed by atoms with van der Waals surface area (Å²) in [6.45, 7) is 0.